The molecular formula is C12H12FN5. The quantitative estimate of drug-likeness (QED) is 0.848. The molecule has 1 heterocycles. The predicted molar refractivity (Wildman–Crippen MR) is 66.8 cm³/mol. The zero-order valence-electron chi connectivity index (χ0n) is 10.0. The van der Waals surface area contributed by atoms with Gasteiger partial charge in [-0.25, -0.2) is 4.39 Å². The van der Waals surface area contributed by atoms with Gasteiger partial charge in [0.05, 0.1) is 16.9 Å². The van der Waals surface area contributed by atoms with Crippen LogP contribution >= 0.6 is 0 Å². The summed E-state index contributed by atoms with van der Waals surface area (Å²) >= 11 is 0. The monoisotopic (exact) mass is 245 g/mol. The molecule has 2 rings (SSSR count). The van der Waals surface area contributed by atoms with Gasteiger partial charge in [0.2, 0.25) is 0 Å². The van der Waals surface area contributed by atoms with E-state index in [4.69, 9.17) is 11.0 Å². The molecule has 0 saturated carbocycles. The van der Waals surface area contributed by atoms with E-state index in [1.165, 1.54) is 18.2 Å². The Morgan fingerprint density at radius 2 is 2.22 bits per heavy atom. The molecule has 0 atom stereocenters. The summed E-state index contributed by atoms with van der Waals surface area (Å²) in [7, 11) is 1.75. The number of hydrogen-bond donors (Lipinski definition) is 2. The van der Waals surface area contributed by atoms with E-state index in [9.17, 15) is 4.39 Å². The first-order valence-corrected chi connectivity index (χ1v) is 5.28. The van der Waals surface area contributed by atoms with Crippen LogP contribution in [0.3, 0.4) is 0 Å². The van der Waals surface area contributed by atoms with Gasteiger partial charge in [0.1, 0.15) is 11.9 Å². The van der Waals surface area contributed by atoms with Crippen LogP contribution in [0.4, 0.5) is 21.6 Å². The molecule has 2 aromatic rings. The third-order valence-corrected chi connectivity index (χ3v) is 2.62. The fourth-order valence-electron chi connectivity index (χ4n) is 1.65. The molecule has 0 unspecified atom stereocenters. The van der Waals surface area contributed by atoms with Gasteiger partial charge in [-0.05, 0) is 25.1 Å². The summed E-state index contributed by atoms with van der Waals surface area (Å²) in [6.45, 7) is 1.80. The molecule has 3 N–H and O–H groups in total. The zero-order valence-corrected chi connectivity index (χ0v) is 10.0. The number of nitrogens with two attached hydrogens (primary N) is 1. The molecule has 92 valence electrons. The molecule has 0 fully saturated rings. The molecule has 0 saturated heterocycles. The Hall–Kier alpha value is -2.55. The maximum atomic E-state index is 13.2. The second-order valence-corrected chi connectivity index (χ2v) is 3.90. The van der Waals surface area contributed by atoms with Gasteiger partial charge in [-0.2, -0.15) is 10.4 Å². The normalized spacial score (nSPS) is 10.1. The van der Waals surface area contributed by atoms with Crippen molar-refractivity contribution < 1.29 is 4.39 Å². The number of anilines is 3. The number of nitrogen functional groups attached to an aromatic ring is 1. The van der Waals surface area contributed by atoms with E-state index in [0.717, 1.165) is 0 Å². The molecule has 0 spiro atoms. The van der Waals surface area contributed by atoms with Crippen LogP contribution in [0.5, 0.6) is 0 Å². The number of hydrogen-bond acceptors (Lipinski definition) is 4. The summed E-state index contributed by atoms with van der Waals surface area (Å²) in [4.78, 5) is 0. The van der Waals surface area contributed by atoms with E-state index in [-0.39, 0.29) is 5.56 Å². The Bertz CT molecular complexity index is 639. The van der Waals surface area contributed by atoms with Gasteiger partial charge in [0.25, 0.3) is 0 Å². The van der Waals surface area contributed by atoms with Crippen LogP contribution in [-0.4, -0.2) is 9.78 Å². The highest BCUT2D eigenvalue weighted by Gasteiger charge is 2.11. The number of rotatable bonds is 2. The third kappa shape index (κ3) is 1.98. The molecule has 1 aromatic carbocycles. The lowest BCUT2D eigenvalue weighted by Gasteiger charge is -2.08. The fourth-order valence-corrected chi connectivity index (χ4v) is 1.65. The standard InChI is InChI=1S/C12H12FN5/c1-7-11(15)12(18(2)17-7)16-9-3-4-10(13)8(5-9)6-14/h3-5,16H,15H2,1-2H3. The molecule has 1 aromatic heterocycles. The topological polar surface area (TPSA) is 79.7 Å². The molecule has 0 bridgehead atoms. The predicted octanol–water partition coefficient (Wildman–Crippen LogP) is 2.07. The summed E-state index contributed by atoms with van der Waals surface area (Å²) in [6.07, 6.45) is 0. The van der Waals surface area contributed by atoms with Crippen molar-refractivity contribution in [1.82, 2.24) is 9.78 Å². The second-order valence-electron chi connectivity index (χ2n) is 3.90. The SMILES string of the molecule is Cc1nn(C)c(Nc2ccc(F)c(C#N)c2)c1N. The highest BCUT2D eigenvalue weighted by Crippen LogP contribution is 2.25. The minimum absolute atomic E-state index is 0.0162. The smallest absolute Gasteiger partial charge is 0.152 e. The number of aryl methyl sites for hydroxylation is 2. The van der Waals surface area contributed by atoms with Crippen molar-refractivity contribution in [3.8, 4) is 6.07 Å². The van der Waals surface area contributed by atoms with E-state index in [0.29, 0.717) is 22.9 Å². The summed E-state index contributed by atoms with van der Waals surface area (Å²) < 4.78 is 14.8. The number of benzene rings is 1. The summed E-state index contributed by atoms with van der Waals surface area (Å²) in [5.74, 6) is 0.0696. The highest BCUT2D eigenvalue weighted by molar-refractivity contribution is 5.71. The maximum absolute atomic E-state index is 13.2. The van der Waals surface area contributed by atoms with Gasteiger partial charge in [0.15, 0.2) is 5.82 Å². The Morgan fingerprint density at radius 1 is 1.50 bits per heavy atom. The first-order valence-electron chi connectivity index (χ1n) is 5.28. The first kappa shape index (κ1) is 11.9. The van der Waals surface area contributed by atoms with Gasteiger partial charge in [0, 0.05) is 12.7 Å². The van der Waals surface area contributed by atoms with Crippen LogP contribution in [0.15, 0.2) is 18.2 Å². The minimum Gasteiger partial charge on any atom is -0.394 e. The van der Waals surface area contributed by atoms with E-state index in [1.54, 1.807) is 24.7 Å². The fraction of sp³-hybridized carbons (Fsp3) is 0.167. The number of nitrogens with one attached hydrogen (secondary N) is 1. The zero-order chi connectivity index (χ0) is 13.3. The summed E-state index contributed by atoms with van der Waals surface area (Å²) in [6, 6.07) is 5.99. The average molecular weight is 245 g/mol. The van der Waals surface area contributed by atoms with Crippen molar-refractivity contribution in [1.29, 1.82) is 5.26 Å². The lowest BCUT2D eigenvalue weighted by Crippen LogP contribution is -2.01. The highest BCUT2D eigenvalue weighted by atomic mass is 19.1. The van der Waals surface area contributed by atoms with E-state index in [1.807, 2.05) is 0 Å². The van der Waals surface area contributed by atoms with Gasteiger partial charge >= 0.3 is 0 Å². The van der Waals surface area contributed by atoms with Crippen molar-refractivity contribution in [2.45, 2.75) is 6.92 Å². The van der Waals surface area contributed by atoms with Crippen molar-refractivity contribution >= 4 is 17.2 Å². The van der Waals surface area contributed by atoms with Gasteiger partial charge in [-0.15, -0.1) is 0 Å². The van der Waals surface area contributed by atoms with Crippen molar-refractivity contribution in [3.05, 3.63) is 35.3 Å². The van der Waals surface area contributed by atoms with E-state index in [2.05, 4.69) is 10.4 Å². The van der Waals surface area contributed by atoms with Crippen LogP contribution in [0, 0.1) is 24.1 Å². The molecule has 0 aliphatic carbocycles. The Kier molecular flexibility index (Phi) is 2.90. The molecule has 6 heteroatoms. The van der Waals surface area contributed by atoms with E-state index >= 15 is 0 Å². The van der Waals surface area contributed by atoms with Crippen molar-refractivity contribution in [3.63, 3.8) is 0 Å². The molecule has 0 amide bonds. The maximum Gasteiger partial charge on any atom is 0.152 e. The average Bonchev–Trinajstić information content (AvgIpc) is 2.58. The van der Waals surface area contributed by atoms with Crippen LogP contribution in [0.1, 0.15) is 11.3 Å². The van der Waals surface area contributed by atoms with Crippen LogP contribution in [0.2, 0.25) is 0 Å². The van der Waals surface area contributed by atoms with Crippen LogP contribution < -0.4 is 11.1 Å². The van der Waals surface area contributed by atoms with Crippen molar-refractivity contribution in [2.24, 2.45) is 7.05 Å². The molecule has 0 radical (unpaired) electrons. The third-order valence-electron chi connectivity index (χ3n) is 2.62. The van der Waals surface area contributed by atoms with Crippen molar-refractivity contribution in [2.75, 3.05) is 11.1 Å². The number of halogens is 1. The Morgan fingerprint density at radius 3 is 2.78 bits per heavy atom. The molecule has 18 heavy (non-hydrogen) atoms. The van der Waals surface area contributed by atoms with E-state index < -0.39 is 5.82 Å². The Balaban J connectivity index is 2.38. The molecule has 0 aliphatic heterocycles. The first-order chi connectivity index (χ1) is 8.52. The molecular weight excluding hydrogens is 233 g/mol. The number of aromatic nitrogens is 2. The molecule has 5 nitrogen and oxygen atoms in total. The van der Waals surface area contributed by atoms with Gasteiger partial charge in [-0.1, -0.05) is 0 Å². The van der Waals surface area contributed by atoms with Gasteiger partial charge in [-0.3, -0.25) is 4.68 Å². The van der Waals surface area contributed by atoms with Crippen LogP contribution in [0.25, 0.3) is 0 Å². The lowest BCUT2D eigenvalue weighted by atomic mass is 10.2. The number of nitriles is 1. The summed E-state index contributed by atoms with van der Waals surface area (Å²) in [5, 5.41) is 15.9. The largest absolute Gasteiger partial charge is 0.394 e. The lowest BCUT2D eigenvalue weighted by molar-refractivity contribution is 0.624. The van der Waals surface area contributed by atoms with Gasteiger partial charge < -0.3 is 11.1 Å². The van der Waals surface area contributed by atoms with Crippen LogP contribution in [-0.2, 0) is 7.05 Å². The molecule has 0 aliphatic rings. The minimum atomic E-state index is -0.544. The Labute approximate surface area is 104 Å². The summed E-state index contributed by atoms with van der Waals surface area (Å²) in [5.41, 5.74) is 7.68. The second kappa shape index (κ2) is 4.37. The number of nitrogens with zero attached hydrogens (tertiary/aromatic N) is 3.